The summed E-state index contributed by atoms with van der Waals surface area (Å²) in [5.74, 6) is 1.02. The number of aliphatic hydroxyl groups is 1. The molecule has 4 unspecified atom stereocenters. The van der Waals surface area contributed by atoms with Gasteiger partial charge in [-0.25, -0.2) is 9.13 Å². The van der Waals surface area contributed by atoms with E-state index in [1.165, 1.54) is 199 Å². The summed E-state index contributed by atoms with van der Waals surface area (Å²) < 4.78 is 68.7. The Morgan fingerprint density at radius 3 is 0.724 bits per heavy atom. The highest BCUT2D eigenvalue weighted by atomic mass is 31.2. The van der Waals surface area contributed by atoms with Crippen molar-refractivity contribution in [1.82, 2.24) is 0 Å². The number of hydrogen-bond donors (Lipinski definition) is 3. The van der Waals surface area contributed by atoms with Crippen molar-refractivity contribution >= 4 is 39.5 Å². The van der Waals surface area contributed by atoms with E-state index < -0.39 is 97.5 Å². The molecule has 17 nitrogen and oxygen atoms in total. The number of aliphatic hydroxyl groups excluding tert-OH is 1. The molecule has 0 aliphatic carbocycles. The Kier molecular flexibility index (Phi) is 66.8. The van der Waals surface area contributed by atoms with Gasteiger partial charge in [0, 0.05) is 25.7 Å². The van der Waals surface area contributed by atoms with Crippen LogP contribution in [0.4, 0.5) is 0 Å². The lowest BCUT2D eigenvalue weighted by Crippen LogP contribution is -2.30. The molecule has 0 bridgehead atoms. The first-order chi connectivity index (χ1) is 47.2. The van der Waals surface area contributed by atoms with Crippen LogP contribution in [0.3, 0.4) is 0 Å². The van der Waals surface area contributed by atoms with E-state index in [0.717, 1.165) is 120 Å². The van der Waals surface area contributed by atoms with Crippen molar-refractivity contribution in [3.8, 4) is 0 Å². The van der Waals surface area contributed by atoms with Gasteiger partial charge in [-0.15, -0.1) is 0 Å². The van der Waals surface area contributed by atoms with Crippen LogP contribution < -0.4 is 0 Å². The summed E-state index contributed by atoms with van der Waals surface area (Å²) in [6.07, 6.45) is 54.0. The molecule has 98 heavy (non-hydrogen) atoms. The zero-order valence-corrected chi connectivity index (χ0v) is 66.2. The maximum Gasteiger partial charge on any atom is 0.472 e. The van der Waals surface area contributed by atoms with Crippen molar-refractivity contribution in [3.63, 3.8) is 0 Å². The maximum atomic E-state index is 13.1. The largest absolute Gasteiger partial charge is 0.472 e. The van der Waals surface area contributed by atoms with Crippen LogP contribution in [0.15, 0.2) is 0 Å². The van der Waals surface area contributed by atoms with E-state index >= 15 is 0 Å². The molecule has 0 aromatic heterocycles. The lowest BCUT2D eigenvalue weighted by atomic mass is 9.99. The van der Waals surface area contributed by atoms with Gasteiger partial charge in [-0.2, -0.15) is 0 Å². The van der Waals surface area contributed by atoms with Crippen molar-refractivity contribution < 1.29 is 80.2 Å². The maximum absolute atomic E-state index is 13.1. The van der Waals surface area contributed by atoms with E-state index in [1.54, 1.807) is 0 Å². The second kappa shape index (κ2) is 68.2. The SMILES string of the molecule is CCC(C)CCCCCCCCCCCCCCCCC(=O)O[C@H](COC(=O)CCCCCCCCC(C)CC)COP(=O)(O)OC[C@H](O)COP(=O)(O)OC[C@@H](COC(=O)CCCCCCCCCCCCCCC(C)C)OC(=O)CCCCCCCCCCCCCCC(C)C. The summed E-state index contributed by atoms with van der Waals surface area (Å²) in [7, 11) is -9.92. The third-order valence-electron chi connectivity index (χ3n) is 19.0. The molecular weight excluding hydrogens is 1280 g/mol. The van der Waals surface area contributed by atoms with Crippen LogP contribution in [-0.2, 0) is 65.4 Å². The molecule has 3 N–H and O–H groups in total. The van der Waals surface area contributed by atoms with E-state index in [0.29, 0.717) is 25.7 Å². The molecule has 7 atom stereocenters. The van der Waals surface area contributed by atoms with Gasteiger partial charge < -0.3 is 33.8 Å². The number of carbonyl (C=O) groups is 4. The molecule has 19 heteroatoms. The summed E-state index contributed by atoms with van der Waals surface area (Å²) >= 11 is 0. The fraction of sp³-hybridized carbons (Fsp3) is 0.949. The Morgan fingerprint density at radius 2 is 0.490 bits per heavy atom. The monoisotopic (exact) mass is 1440 g/mol. The van der Waals surface area contributed by atoms with Gasteiger partial charge in [0.1, 0.15) is 19.3 Å². The third-order valence-corrected chi connectivity index (χ3v) is 20.9. The van der Waals surface area contributed by atoms with E-state index in [9.17, 15) is 43.2 Å². The molecule has 0 spiro atoms. The van der Waals surface area contributed by atoms with Gasteiger partial charge >= 0.3 is 39.5 Å². The Balaban J connectivity index is 5.25. The van der Waals surface area contributed by atoms with Crippen molar-refractivity contribution in [2.45, 2.75) is 420 Å². The minimum Gasteiger partial charge on any atom is -0.462 e. The Hall–Kier alpha value is -1.94. The summed E-state index contributed by atoms with van der Waals surface area (Å²) in [6.45, 7) is 14.3. The topological polar surface area (TPSA) is 237 Å². The highest BCUT2D eigenvalue weighted by molar-refractivity contribution is 7.47. The van der Waals surface area contributed by atoms with Gasteiger partial charge in [0.25, 0.3) is 0 Å². The molecule has 0 amide bonds. The molecule has 0 fully saturated rings. The second-order valence-corrected chi connectivity index (χ2v) is 32.8. The number of rotatable bonds is 76. The molecule has 0 saturated heterocycles. The van der Waals surface area contributed by atoms with E-state index in [1.807, 2.05) is 0 Å². The van der Waals surface area contributed by atoms with Crippen molar-refractivity contribution in [2.24, 2.45) is 23.7 Å². The number of ether oxygens (including phenoxy) is 4. The van der Waals surface area contributed by atoms with Gasteiger partial charge in [-0.3, -0.25) is 37.3 Å². The summed E-state index contributed by atoms with van der Waals surface area (Å²) in [4.78, 5) is 73.0. The first-order valence-corrected chi connectivity index (χ1v) is 43.8. The summed E-state index contributed by atoms with van der Waals surface area (Å²) in [5.41, 5.74) is 0. The normalized spacial score (nSPS) is 14.6. The average Bonchev–Trinajstić information content (AvgIpc) is 0.946. The fourth-order valence-corrected chi connectivity index (χ4v) is 13.6. The molecule has 0 heterocycles. The minimum absolute atomic E-state index is 0.106. The number of phosphoric ester groups is 2. The molecule has 0 aromatic carbocycles. The number of hydrogen-bond acceptors (Lipinski definition) is 15. The number of carbonyl (C=O) groups excluding carboxylic acids is 4. The lowest BCUT2D eigenvalue weighted by Gasteiger charge is -2.21. The molecule has 582 valence electrons. The molecule has 0 aromatic rings. The molecular formula is C79H154O17P2. The Bertz CT molecular complexity index is 1920. The zero-order valence-electron chi connectivity index (χ0n) is 64.4. The van der Waals surface area contributed by atoms with Crippen LogP contribution in [0.1, 0.15) is 402 Å². The van der Waals surface area contributed by atoms with Crippen LogP contribution in [0, 0.1) is 23.7 Å². The molecule has 0 radical (unpaired) electrons. The van der Waals surface area contributed by atoms with Crippen molar-refractivity contribution in [3.05, 3.63) is 0 Å². The number of esters is 4. The van der Waals surface area contributed by atoms with E-state index in [-0.39, 0.29) is 25.7 Å². The van der Waals surface area contributed by atoms with Crippen LogP contribution >= 0.6 is 15.6 Å². The quantitative estimate of drug-likeness (QED) is 0.0222. The predicted octanol–water partition coefficient (Wildman–Crippen LogP) is 23.2. The first kappa shape index (κ1) is 96.1. The minimum atomic E-state index is -4.96. The molecule has 0 rings (SSSR count). The zero-order chi connectivity index (χ0) is 72.4. The summed E-state index contributed by atoms with van der Waals surface area (Å²) in [6, 6.07) is 0. The smallest absolute Gasteiger partial charge is 0.462 e. The second-order valence-electron chi connectivity index (χ2n) is 29.9. The number of unbranched alkanes of at least 4 members (excludes halogenated alkanes) is 40. The van der Waals surface area contributed by atoms with Gasteiger partial charge in [0.2, 0.25) is 0 Å². The van der Waals surface area contributed by atoms with Crippen LogP contribution in [0.5, 0.6) is 0 Å². The Morgan fingerprint density at radius 1 is 0.286 bits per heavy atom. The molecule has 0 aliphatic heterocycles. The van der Waals surface area contributed by atoms with Gasteiger partial charge in [0.15, 0.2) is 12.2 Å². The predicted molar refractivity (Wildman–Crippen MR) is 400 cm³/mol. The fourth-order valence-electron chi connectivity index (χ4n) is 12.0. The van der Waals surface area contributed by atoms with Crippen LogP contribution in [-0.4, -0.2) is 96.7 Å². The van der Waals surface area contributed by atoms with Crippen LogP contribution in [0.2, 0.25) is 0 Å². The van der Waals surface area contributed by atoms with E-state index in [4.69, 9.17) is 37.0 Å². The summed E-state index contributed by atoms with van der Waals surface area (Å²) in [5, 5.41) is 10.6. The Labute approximate surface area is 600 Å². The first-order valence-electron chi connectivity index (χ1n) is 40.8. The van der Waals surface area contributed by atoms with Gasteiger partial charge in [-0.1, -0.05) is 351 Å². The molecule has 0 aliphatic rings. The van der Waals surface area contributed by atoms with Crippen molar-refractivity contribution in [2.75, 3.05) is 39.6 Å². The molecule has 0 saturated carbocycles. The highest BCUT2D eigenvalue weighted by Crippen LogP contribution is 2.45. The van der Waals surface area contributed by atoms with E-state index in [2.05, 4.69) is 55.4 Å². The number of phosphoric acid groups is 2. The highest BCUT2D eigenvalue weighted by Gasteiger charge is 2.30. The third kappa shape index (κ3) is 69.8. The average molecular weight is 1440 g/mol. The standard InChI is InChI=1S/C79H154O17P2/c1-9-71(7)57-49-41-33-27-21-13-11-12-14-23-29-35-45-53-61-79(84)96-75(66-90-77(82)60-52-44-38-37-42-50-58-72(8)10-2)68-94-98(87,88)92-64-73(80)63-91-97(85,86)93-67-74(95-78(83)62-54-46-36-30-24-18-16-20-26-32-40-48-56-70(5)6)65-89-76(81)59-51-43-34-28-22-17-15-19-25-31-39-47-55-69(3)4/h69-75,80H,9-68H2,1-8H3,(H,85,86)(H,87,88)/t71?,72?,73-,74-,75-/m1/s1. The van der Waals surface area contributed by atoms with Gasteiger partial charge in [-0.05, 0) is 49.4 Å². The lowest BCUT2D eigenvalue weighted by molar-refractivity contribution is -0.161. The van der Waals surface area contributed by atoms with Crippen molar-refractivity contribution in [1.29, 1.82) is 0 Å². The van der Waals surface area contributed by atoms with Crippen LogP contribution in [0.25, 0.3) is 0 Å². The van der Waals surface area contributed by atoms with Gasteiger partial charge in [0.05, 0.1) is 26.4 Å².